The van der Waals surface area contributed by atoms with E-state index in [1.807, 2.05) is 24.3 Å². The number of carbonyl (C=O) groups excluding carboxylic acids is 2. The zero-order chi connectivity index (χ0) is 22.3. The van der Waals surface area contributed by atoms with Crippen molar-refractivity contribution in [1.82, 2.24) is 5.43 Å². The molecular weight excluding hydrogens is 408 g/mol. The van der Waals surface area contributed by atoms with Gasteiger partial charge in [-0.2, -0.15) is 5.10 Å². The third-order valence-electron chi connectivity index (χ3n) is 4.49. The Morgan fingerprint density at radius 3 is 2.56 bits per heavy atom. The van der Waals surface area contributed by atoms with E-state index in [0.29, 0.717) is 17.1 Å². The van der Waals surface area contributed by atoms with Gasteiger partial charge in [-0.1, -0.05) is 36.4 Å². The minimum atomic E-state index is -0.560. The Hall–Kier alpha value is -4.65. The molecule has 0 atom stereocenters. The van der Waals surface area contributed by atoms with E-state index in [1.165, 1.54) is 30.7 Å². The van der Waals surface area contributed by atoms with Crippen LogP contribution in [0, 0.1) is 0 Å². The molecule has 0 saturated heterocycles. The molecule has 7 nitrogen and oxygen atoms in total. The second kappa shape index (κ2) is 9.44. The molecule has 0 aliphatic heterocycles. The maximum Gasteiger partial charge on any atom is 0.336 e. The van der Waals surface area contributed by atoms with Gasteiger partial charge in [-0.25, -0.2) is 10.2 Å². The lowest BCUT2D eigenvalue weighted by Gasteiger charge is -2.06. The van der Waals surface area contributed by atoms with Crippen LogP contribution in [0.25, 0.3) is 16.8 Å². The monoisotopic (exact) mass is 426 g/mol. The third kappa shape index (κ3) is 5.09. The van der Waals surface area contributed by atoms with E-state index in [4.69, 9.17) is 9.15 Å². The van der Waals surface area contributed by atoms with E-state index in [-0.39, 0.29) is 11.3 Å². The molecule has 3 aromatic carbocycles. The number of carbonyl (C=O) groups is 2. The molecule has 4 rings (SSSR count). The van der Waals surface area contributed by atoms with Crippen molar-refractivity contribution < 1.29 is 23.8 Å². The summed E-state index contributed by atoms with van der Waals surface area (Å²) in [4.78, 5) is 24.4. The van der Waals surface area contributed by atoms with Gasteiger partial charge in [-0.15, -0.1) is 0 Å². The fourth-order valence-corrected chi connectivity index (χ4v) is 2.98. The second-order valence-corrected chi connectivity index (χ2v) is 6.76. The summed E-state index contributed by atoms with van der Waals surface area (Å²) in [5, 5.41) is 15.7. The Bertz CT molecular complexity index is 1320. The highest BCUT2D eigenvalue weighted by molar-refractivity contribution is 6.01. The number of hydrogen-bond acceptors (Lipinski definition) is 6. The molecule has 7 heteroatoms. The molecule has 1 heterocycles. The van der Waals surface area contributed by atoms with E-state index in [1.54, 1.807) is 42.5 Å². The summed E-state index contributed by atoms with van der Waals surface area (Å²) >= 11 is 0. The first-order valence-corrected chi connectivity index (χ1v) is 9.67. The van der Waals surface area contributed by atoms with Crippen LogP contribution in [0.1, 0.15) is 21.7 Å². The van der Waals surface area contributed by atoms with Crippen molar-refractivity contribution in [3.63, 3.8) is 0 Å². The van der Waals surface area contributed by atoms with Crippen LogP contribution >= 0.6 is 0 Å². The van der Waals surface area contributed by atoms with Crippen molar-refractivity contribution in [2.24, 2.45) is 5.10 Å². The van der Waals surface area contributed by atoms with Gasteiger partial charge in [-0.3, -0.25) is 4.79 Å². The first kappa shape index (κ1) is 20.6. The number of nitrogens with zero attached hydrogens (tertiary/aromatic N) is 1. The van der Waals surface area contributed by atoms with Crippen molar-refractivity contribution in [2.75, 3.05) is 0 Å². The van der Waals surface area contributed by atoms with E-state index in [9.17, 15) is 14.7 Å². The standard InChI is InChI=1S/C25H18N2O5/c28-23-15-19-7-2-1-6-18(19)14-22(23)25(30)27-26-16-17-5-3-8-21(13-17)32-24(29)11-10-20-9-4-12-31-20/h1-16,28H,(H,27,30)/b11-10-,26-16+. The number of nitrogens with one attached hydrogen (secondary N) is 1. The lowest BCUT2D eigenvalue weighted by atomic mass is 10.1. The van der Waals surface area contributed by atoms with E-state index >= 15 is 0 Å². The van der Waals surface area contributed by atoms with Crippen LogP contribution in [-0.2, 0) is 4.79 Å². The molecular formula is C25H18N2O5. The van der Waals surface area contributed by atoms with Crippen LogP contribution in [0.4, 0.5) is 0 Å². The van der Waals surface area contributed by atoms with Crippen molar-refractivity contribution >= 4 is 34.9 Å². The molecule has 2 N–H and O–H groups in total. The summed E-state index contributed by atoms with van der Waals surface area (Å²) < 4.78 is 10.4. The number of rotatable bonds is 6. The number of aromatic hydroxyl groups is 1. The lowest BCUT2D eigenvalue weighted by Crippen LogP contribution is -2.17. The first-order chi connectivity index (χ1) is 15.6. The molecule has 0 aliphatic carbocycles. The van der Waals surface area contributed by atoms with Crippen molar-refractivity contribution in [1.29, 1.82) is 0 Å². The molecule has 1 amide bonds. The molecule has 1 aromatic heterocycles. The predicted molar refractivity (Wildman–Crippen MR) is 120 cm³/mol. The van der Waals surface area contributed by atoms with Gasteiger partial charge >= 0.3 is 5.97 Å². The predicted octanol–water partition coefficient (Wildman–Crippen LogP) is 4.52. The Labute approximate surface area is 183 Å². The lowest BCUT2D eigenvalue weighted by molar-refractivity contribution is -0.128. The van der Waals surface area contributed by atoms with Crippen molar-refractivity contribution in [2.45, 2.75) is 0 Å². The van der Waals surface area contributed by atoms with Gasteiger partial charge in [0.15, 0.2) is 0 Å². The highest BCUT2D eigenvalue weighted by atomic mass is 16.5. The Morgan fingerprint density at radius 2 is 1.78 bits per heavy atom. The summed E-state index contributed by atoms with van der Waals surface area (Å²) in [5.41, 5.74) is 3.11. The quantitative estimate of drug-likeness (QED) is 0.155. The number of ether oxygens (including phenoxy) is 1. The number of esters is 1. The molecule has 0 spiro atoms. The summed E-state index contributed by atoms with van der Waals surface area (Å²) in [6.45, 7) is 0. The van der Waals surface area contributed by atoms with Crippen molar-refractivity contribution in [3.8, 4) is 11.5 Å². The number of hydrazone groups is 1. The number of hydrogen-bond donors (Lipinski definition) is 2. The molecule has 0 fully saturated rings. The smallest absolute Gasteiger partial charge is 0.336 e. The molecule has 0 saturated carbocycles. The third-order valence-corrected chi connectivity index (χ3v) is 4.49. The highest BCUT2D eigenvalue weighted by Crippen LogP contribution is 2.24. The molecule has 32 heavy (non-hydrogen) atoms. The average Bonchev–Trinajstić information content (AvgIpc) is 3.31. The second-order valence-electron chi connectivity index (χ2n) is 6.76. The van der Waals surface area contributed by atoms with Gasteiger partial charge in [0.2, 0.25) is 0 Å². The molecule has 0 unspecified atom stereocenters. The van der Waals surface area contributed by atoms with Crippen LogP contribution in [0.5, 0.6) is 11.5 Å². The van der Waals surface area contributed by atoms with Crippen LogP contribution in [-0.4, -0.2) is 23.2 Å². The number of furan rings is 1. The fraction of sp³-hybridized carbons (Fsp3) is 0. The van der Waals surface area contributed by atoms with Gasteiger partial charge in [0, 0.05) is 6.08 Å². The van der Waals surface area contributed by atoms with Gasteiger partial charge in [-0.05, 0) is 58.8 Å². The maximum absolute atomic E-state index is 12.4. The number of amides is 1. The average molecular weight is 426 g/mol. The van der Waals surface area contributed by atoms with E-state index in [0.717, 1.165) is 10.8 Å². The number of fused-ring (bicyclic) bond motifs is 1. The fourth-order valence-electron chi connectivity index (χ4n) is 2.98. The summed E-state index contributed by atoms with van der Waals surface area (Å²) in [6.07, 6.45) is 5.68. The molecule has 0 radical (unpaired) electrons. The zero-order valence-electron chi connectivity index (χ0n) is 16.8. The van der Waals surface area contributed by atoms with Gasteiger partial charge in [0.05, 0.1) is 18.0 Å². The van der Waals surface area contributed by atoms with E-state index < -0.39 is 11.9 Å². The van der Waals surface area contributed by atoms with Crippen LogP contribution in [0.3, 0.4) is 0 Å². The SMILES string of the molecule is O=C(/C=C\c1ccco1)Oc1cccc(/C=N/NC(=O)c2cc3ccccc3cc2O)c1. The van der Waals surface area contributed by atoms with Gasteiger partial charge < -0.3 is 14.3 Å². The summed E-state index contributed by atoms with van der Waals surface area (Å²) in [6, 6.07) is 20.6. The Morgan fingerprint density at radius 1 is 0.969 bits per heavy atom. The Kier molecular flexibility index (Phi) is 6.08. The van der Waals surface area contributed by atoms with Crippen LogP contribution < -0.4 is 10.2 Å². The first-order valence-electron chi connectivity index (χ1n) is 9.67. The largest absolute Gasteiger partial charge is 0.507 e. The molecule has 0 bridgehead atoms. The topological polar surface area (TPSA) is 101 Å². The van der Waals surface area contributed by atoms with Crippen LogP contribution in [0.15, 0.2) is 94.7 Å². The summed E-state index contributed by atoms with van der Waals surface area (Å²) in [5.74, 6) is -0.379. The van der Waals surface area contributed by atoms with Crippen LogP contribution in [0.2, 0.25) is 0 Å². The zero-order valence-corrected chi connectivity index (χ0v) is 16.8. The number of phenols is 1. The normalized spacial score (nSPS) is 11.2. The van der Waals surface area contributed by atoms with E-state index in [2.05, 4.69) is 10.5 Å². The molecule has 158 valence electrons. The molecule has 0 aliphatic rings. The molecule has 4 aromatic rings. The minimum absolute atomic E-state index is 0.117. The maximum atomic E-state index is 12.4. The highest BCUT2D eigenvalue weighted by Gasteiger charge is 2.11. The number of phenolic OH excluding ortho intramolecular Hbond substituents is 1. The summed E-state index contributed by atoms with van der Waals surface area (Å²) in [7, 11) is 0. The Balaban J connectivity index is 1.39. The minimum Gasteiger partial charge on any atom is -0.507 e. The van der Waals surface area contributed by atoms with Crippen molar-refractivity contribution in [3.05, 3.63) is 102 Å². The van der Waals surface area contributed by atoms with Gasteiger partial charge in [0.1, 0.15) is 17.3 Å². The number of benzene rings is 3. The van der Waals surface area contributed by atoms with Gasteiger partial charge in [0.25, 0.3) is 5.91 Å².